The van der Waals surface area contributed by atoms with E-state index in [2.05, 4.69) is 17.2 Å². The maximum absolute atomic E-state index is 13.5. The van der Waals surface area contributed by atoms with E-state index in [4.69, 9.17) is 21.3 Å². The number of nitrogens with one attached hydrogen (secondary N) is 1. The van der Waals surface area contributed by atoms with Crippen LogP contribution in [0.5, 0.6) is 5.88 Å². The number of nitrogens with zero attached hydrogens (tertiary/aromatic N) is 5. The number of benzene rings is 1. The highest BCUT2D eigenvalue weighted by atomic mass is 35.5. The van der Waals surface area contributed by atoms with Gasteiger partial charge < -0.3 is 14.6 Å². The predicted octanol–water partition coefficient (Wildman–Crippen LogP) is 4.69. The van der Waals surface area contributed by atoms with Crippen LogP contribution in [0.3, 0.4) is 0 Å². The van der Waals surface area contributed by atoms with Crippen LogP contribution in [-0.2, 0) is 19.5 Å². The first kappa shape index (κ1) is 24.8. The van der Waals surface area contributed by atoms with Crippen molar-refractivity contribution in [3.8, 4) is 5.88 Å². The molecule has 3 aromatic rings. The van der Waals surface area contributed by atoms with Crippen molar-refractivity contribution in [1.29, 1.82) is 0 Å². The molecule has 0 fully saturated rings. The van der Waals surface area contributed by atoms with Gasteiger partial charge in [-0.15, -0.1) is 0 Å². The molecule has 0 aliphatic carbocycles. The number of amides is 2. The molecule has 1 N–H and O–H groups in total. The molecule has 186 valence electrons. The summed E-state index contributed by atoms with van der Waals surface area (Å²) in [5.41, 5.74) is 0.467. The van der Waals surface area contributed by atoms with Crippen LogP contribution in [0.1, 0.15) is 55.2 Å². The van der Waals surface area contributed by atoms with Gasteiger partial charge in [-0.2, -0.15) is 0 Å². The maximum Gasteiger partial charge on any atom is 0.414 e. The van der Waals surface area contributed by atoms with E-state index in [0.29, 0.717) is 41.9 Å². The van der Waals surface area contributed by atoms with Crippen LogP contribution < -0.4 is 15.0 Å². The predicted molar refractivity (Wildman–Crippen MR) is 134 cm³/mol. The number of hydrogen-bond acceptors (Lipinski definition) is 5. The summed E-state index contributed by atoms with van der Waals surface area (Å²) in [5.74, 6) is 1.31. The van der Waals surface area contributed by atoms with Gasteiger partial charge in [0.1, 0.15) is 5.82 Å². The minimum absolute atomic E-state index is 0.220. The minimum atomic E-state index is -0.559. The molecule has 35 heavy (non-hydrogen) atoms. The summed E-state index contributed by atoms with van der Waals surface area (Å²) in [6, 6.07) is 6.86. The number of carbonyl (C=O) groups is 2. The van der Waals surface area contributed by atoms with Gasteiger partial charge in [-0.3, -0.25) is 14.3 Å². The second kappa shape index (κ2) is 11.9. The van der Waals surface area contributed by atoms with Gasteiger partial charge in [0.25, 0.3) is 5.91 Å². The molecule has 0 saturated carbocycles. The summed E-state index contributed by atoms with van der Waals surface area (Å²) in [7, 11) is 0. The fourth-order valence-electron chi connectivity index (χ4n) is 4.11. The van der Waals surface area contributed by atoms with Gasteiger partial charge in [0.05, 0.1) is 6.33 Å². The average molecular weight is 499 g/mol. The van der Waals surface area contributed by atoms with Crippen molar-refractivity contribution >= 4 is 29.4 Å². The third kappa shape index (κ3) is 6.22. The Bertz CT molecular complexity index is 1140. The number of aromatic nitrogens is 4. The molecular weight excluding hydrogens is 468 g/mol. The van der Waals surface area contributed by atoms with Crippen LogP contribution in [0.25, 0.3) is 0 Å². The number of halogens is 1. The first-order chi connectivity index (χ1) is 17.1. The number of imidazole rings is 2. The van der Waals surface area contributed by atoms with E-state index in [-0.39, 0.29) is 5.91 Å². The molecule has 1 aliphatic rings. The highest BCUT2D eigenvalue weighted by Crippen LogP contribution is 2.34. The summed E-state index contributed by atoms with van der Waals surface area (Å²) in [6.45, 7) is 4.41. The van der Waals surface area contributed by atoms with E-state index >= 15 is 0 Å². The molecule has 2 amide bonds. The van der Waals surface area contributed by atoms with Crippen molar-refractivity contribution < 1.29 is 14.3 Å². The van der Waals surface area contributed by atoms with Gasteiger partial charge in [-0.1, -0.05) is 31.0 Å². The van der Waals surface area contributed by atoms with Gasteiger partial charge in [0.2, 0.25) is 5.88 Å². The monoisotopic (exact) mass is 498 g/mol. The summed E-state index contributed by atoms with van der Waals surface area (Å²) in [5, 5.41) is 3.30. The van der Waals surface area contributed by atoms with Gasteiger partial charge in [0.15, 0.2) is 5.82 Å². The largest absolute Gasteiger partial charge is 0.414 e. The third-order valence-corrected chi connectivity index (χ3v) is 6.17. The zero-order valence-corrected chi connectivity index (χ0v) is 20.7. The number of rotatable bonds is 10. The molecule has 0 unspecified atom stereocenters. The zero-order valence-electron chi connectivity index (χ0n) is 20.0. The summed E-state index contributed by atoms with van der Waals surface area (Å²) < 4.78 is 9.68. The fourth-order valence-corrected chi connectivity index (χ4v) is 4.30. The molecule has 1 aliphatic heterocycles. The van der Waals surface area contributed by atoms with Crippen molar-refractivity contribution in [1.82, 2.24) is 24.4 Å². The van der Waals surface area contributed by atoms with E-state index in [1.165, 1.54) is 0 Å². The lowest BCUT2D eigenvalue weighted by molar-refractivity contribution is 0.0984. The second-order valence-corrected chi connectivity index (χ2v) is 8.99. The molecule has 0 spiro atoms. The standard InChI is InChI=1S/C25H31ClN6O3/c1-2-3-14-32(23(33)19-8-6-9-20(26)17-19)22-24(31-15-5-4-10-21(31)29-22)35-25(34)28-11-7-13-30-16-12-27-18-30/h6,8-9,12,16-18H,2-5,7,10-11,13-15H2,1H3,(H,28,34). The van der Waals surface area contributed by atoms with Crippen LogP contribution in [0.2, 0.25) is 5.02 Å². The third-order valence-electron chi connectivity index (χ3n) is 5.93. The number of aryl methyl sites for hydroxylation is 2. The number of unbranched alkanes of at least 4 members (excludes halogenated alkanes) is 1. The van der Waals surface area contributed by atoms with E-state index in [0.717, 1.165) is 50.9 Å². The quantitative estimate of drug-likeness (QED) is 0.409. The number of anilines is 1. The SMILES string of the molecule is CCCCN(C(=O)c1cccc(Cl)c1)c1nc2n(c1OC(=O)NCCCn1ccnc1)CCCC2. The first-order valence-corrected chi connectivity index (χ1v) is 12.5. The molecule has 10 heteroatoms. The zero-order chi connectivity index (χ0) is 24.6. The summed E-state index contributed by atoms with van der Waals surface area (Å²) in [4.78, 5) is 36.7. The van der Waals surface area contributed by atoms with Crippen LogP contribution in [0.15, 0.2) is 43.0 Å². The Morgan fingerprint density at radius 1 is 1.26 bits per heavy atom. The lowest BCUT2D eigenvalue weighted by atomic mass is 10.2. The van der Waals surface area contributed by atoms with E-state index < -0.39 is 6.09 Å². The van der Waals surface area contributed by atoms with Crippen molar-refractivity contribution in [2.45, 2.75) is 58.5 Å². The Morgan fingerprint density at radius 2 is 2.14 bits per heavy atom. The fraction of sp³-hybridized carbons (Fsp3) is 0.440. The van der Waals surface area contributed by atoms with Crippen molar-refractivity contribution in [3.63, 3.8) is 0 Å². The highest BCUT2D eigenvalue weighted by Gasteiger charge is 2.30. The summed E-state index contributed by atoms with van der Waals surface area (Å²) in [6.07, 6.45) is 9.95. The minimum Gasteiger partial charge on any atom is -0.389 e. The first-order valence-electron chi connectivity index (χ1n) is 12.1. The number of hydrogen-bond donors (Lipinski definition) is 1. The van der Waals surface area contributed by atoms with E-state index in [1.807, 2.05) is 15.3 Å². The van der Waals surface area contributed by atoms with Gasteiger partial charge in [-0.05, 0) is 43.9 Å². The van der Waals surface area contributed by atoms with Crippen molar-refractivity contribution in [3.05, 3.63) is 59.4 Å². The lowest BCUT2D eigenvalue weighted by Crippen LogP contribution is -2.34. The molecule has 0 radical (unpaired) electrons. The normalized spacial score (nSPS) is 12.7. The van der Waals surface area contributed by atoms with Crippen molar-refractivity contribution in [2.24, 2.45) is 0 Å². The second-order valence-electron chi connectivity index (χ2n) is 8.56. The molecule has 4 rings (SSSR count). The van der Waals surface area contributed by atoms with Crippen LogP contribution in [0.4, 0.5) is 10.6 Å². The van der Waals surface area contributed by atoms with Gasteiger partial charge in [0, 0.05) is 55.6 Å². The smallest absolute Gasteiger partial charge is 0.389 e. The molecule has 3 heterocycles. The Labute approximate surface area is 210 Å². The van der Waals surface area contributed by atoms with Crippen LogP contribution >= 0.6 is 11.6 Å². The van der Waals surface area contributed by atoms with Crippen LogP contribution in [0, 0.1) is 0 Å². The van der Waals surface area contributed by atoms with Crippen molar-refractivity contribution in [2.75, 3.05) is 18.0 Å². The molecule has 0 bridgehead atoms. The Balaban J connectivity index is 1.54. The molecule has 2 aromatic heterocycles. The van der Waals surface area contributed by atoms with Gasteiger partial charge >= 0.3 is 6.09 Å². The summed E-state index contributed by atoms with van der Waals surface area (Å²) >= 11 is 6.15. The Kier molecular flexibility index (Phi) is 8.41. The molecule has 0 atom stereocenters. The van der Waals surface area contributed by atoms with Gasteiger partial charge in [-0.25, -0.2) is 14.8 Å². The lowest BCUT2D eigenvalue weighted by Gasteiger charge is -2.22. The average Bonchev–Trinajstić information content (AvgIpc) is 3.50. The Hall–Kier alpha value is -3.33. The van der Waals surface area contributed by atoms with Crippen LogP contribution in [-0.4, -0.2) is 44.2 Å². The highest BCUT2D eigenvalue weighted by molar-refractivity contribution is 6.31. The van der Waals surface area contributed by atoms with E-state index in [9.17, 15) is 9.59 Å². The maximum atomic E-state index is 13.5. The number of carbonyl (C=O) groups excluding carboxylic acids is 2. The topological polar surface area (TPSA) is 94.3 Å². The molecule has 9 nitrogen and oxygen atoms in total. The molecule has 0 saturated heterocycles. The number of fused-ring (bicyclic) bond motifs is 1. The molecule has 1 aromatic carbocycles. The van der Waals surface area contributed by atoms with E-state index in [1.54, 1.807) is 41.7 Å². The molecular formula is C25H31ClN6O3. The Morgan fingerprint density at radius 3 is 2.91 bits per heavy atom. The number of ether oxygens (including phenoxy) is 1.